The van der Waals surface area contributed by atoms with Gasteiger partial charge in [-0.2, -0.15) is 0 Å². The van der Waals surface area contributed by atoms with Crippen LogP contribution in [0, 0.1) is 17.3 Å². The van der Waals surface area contributed by atoms with Crippen molar-refractivity contribution in [3.05, 3.63) is 0 Å². The predicted octanol–water partition coefficient (Wildman–Crippen LogP) is 0.860. The van der Waals surface area contributed by atoms with Crippen LogP contribution in [-0.4, -0.2) is 24.8 Å². The lowest BCUT2D eigenvalue weighted by Crippen LogP contribution is -2.29. The fourth-order valence-electron chi connectivity index (χ4n) is 1.94. The molecule has 2 nitrogen and oxygen atoms in total. The maximum absolute atomic E-state index is 9.06. The zero-order valence-electron chi connectivity index (χ0n) is 7.72. The van der Waals surface area contributed by atoms with Gasteiger partial charge in [-0.25, -0.2) is 0 Å². The first kappa shape index (κ1) is 9.01. The van der Waals surface area contributed by atoms with E-state index in [9.17, 15) is 0 Å². The van der Waals surface area contributed by atoms with Crippen LogP contribution in [0.2, 0.25) is 0 Å². The molecule has 1 heterocycles. The van der Waals surface area contributed by atoms with Crippen LogP contribution in [0.25, 0.3) is 0 Å². The van der Waals surface area contributed by atoms with Crippen molar-refractivity contribution in [3.63, 3.8) is 0 Å². The minimum absolute atomic E-state index is 0.328. The van der Waals surface area contributed by atoms with Crippen LogP contribution in [0.4, 0.5) is 0 Å². The van der Waals surface area contributed by atoms with Gasteiger partial charge < -0.3 is 10.4 Å². The van der Waals surface area contributed by atoms with Crippen molar-refractivity contribution in [2.24, 2.45) is 17.3 Å². The van der Waals surface area contributed by atoms with Gasteiger partial charge in [0.15, 0.2) is 0 Å². The number of rotatable bonds is 1. The molecule has 0 radical (unpaired) electrons. The van der Waals surface area contributed by atoms with E-state index in [1.165, 1.54) is 0 Å². The molecule has 1 aliphatic rings. The lowest BCUT2D eigenvalue weighted by atomic mass is 9.75. The van der Waals surface area contributed by atoms with Gasteiger partial charge >= 0.3 is 0 Å². The second-order valence-corrected chi connectivity index (χ2v) is 4.57. The van der Waals surface area contributed by atoms with Gasteiger partial charge in [-0.15, -0.1) is 0 Å². The summed E-state index contributed by atoms with van der Waals surface area (Å²) < 4.78 is 0. The fraction of sp³-hybridized carbons (Fsp3) is 1.00. The van der Waals surface area contributed by atoms with E-state index in [4.69, 9.17) is 5.11 Å². The van der Waals surface area contributed by atoms with E-state index in [1.54, 1.807) is 0 Å². The van der Waals surface area contributed by atoms with Crippen molar-refractivity contribution in [1.82, 2.24) is 5.32 Å². The third-order valence-electron chi connectivity index (χ3n) is 2.69. The Labute approximate surface area is 69.0 Å². The molecule has 66 valence electrons. The van der Waals surface area contributed by atoms with Gasteiger partial charge in [-0.05, 0) is 23.8 Å². The van der Waals surface area contributed by atoms with Crippen molar-refractivity contribution >= 4 is 0 Å². The van der Waals surface area contributed by atoms with E-state index in [0.717, 1.165) is 13.1 Å². The van der Waals surface area contributed by atoms with E-state index in [1.807, 2.05) is 0 Å². The quantitative estimate of drug-likeness (QED) is 0.591. The molecule has 2 heteroatoms. The molecule has 0 aromatic heterocycles. The molecule has 1 aliphatic heterocycles. The lowest BCUT2D eigenvalue weighted by Gasteiger charge is -2.30. The highest BCUT2D eigenvalue weighted by Gasteiger charge is 2.35. The maximum Gasteiger partial charge on any atom is 0.0474 e. The Morgan fingerprint density at radius 2 is 2.00 bits per heavy atom. The molecule has 2 N–H and O–H groups in total. The second-order valence-electron chi connectivity index (χ2n) is 4.57. The van der Waals surface area contributed by atoms with E-state index >= 15 is 0 Å². The third kappa shape index (κ3) is 1.94. The lowest BCUT2D eigenvalue weighted by molar-refractivity contribution is 0.136. The normalized spacial score (nSPS) is 32.7. The number of hydrogen-bond acceptors (Lipinski definition) is 2. The molecular formula is C9H19NO. The SMILES string of the molecule is CC(C)(C)C1CNCC1CO. The molecular weight excluding hydrogens is 138 g/mol. The molecule has 0 amide bonds. The highest BCUT2D eigenvalue weighted by molar-refractivity contribution is 4.87. The molecule has 0 aromatic rings. The zero-order chi connectivity index (χ0) is 8.48. The standard InChI is InChI=1S/C9H19NO/c1-9(2,3)8-5-10-4-7(8)6-11/h7-8,10-11H,4-6H2,1-3H3. The molecule has 0 aromatic carbocycles. The Morgan fingerprint density at radius 1 is 1.36 bits per heavy atom. The van der Waals surface area contributed by atoms with Gasteiger partial charge in [0.05, 0.1) is 0 Å². The molecule has 1 rings (SSSR count). The van der Waals surface area contributed by atoms with E-state index < -0.39 is 0 Å². The Bertz CT molecular complexity index is 128. The van der Waals surface area contributed by atoms with Crippen molar-refractivity contribution in [1.29, 1.82) is 0 Å². The fourth-order valence-corrected chi connectivity index (χ4v) is 1.94. The number of nitrogens with one attached hydrogen (secondary N) is 1. The first-order valence-electron chi connectivity index (χ1n) is 4.37. The van der Waals surface area contributed by atoms with E-state index in [2.05, 4.69) is 26.1 Å². The molecule has 0 bridgehead atoms. The van der Waals surface area contributed by atoms with Gasteiger partial charge in [0, 0.05) is 13.2 Å². The summed E-state index contributed by atoms with van der Waals surface area (Å²) in [5.41, 5.74) is 0.330. The van der Waals surface area contributed by atoms with Crippen LogP contribution in [-0.2, 0) is 0 Å². The van der Waals surface area contributed by atoms with Crippen LogP contribution >= 0.6 is 0 Å². The second kappa shape index (κ2) is 3.11. The largest absolute Gasteiger partial charge is 0.396 e. The minimum Gasteiger partial charge on any atom is -0.396 e. The molecule has 2 unspecified atom stereocenters. The summed E-state index contributed by atoms with van der Waals surface area (Å²) in [5, 5.41) is 12.4. The smallest absolute Gasteiger partial charge is 0.0474 e. The maximum atomic E-state index is 9.06. The summed E-state index contributed by atoms with van der Waals surface area (Å²) in [7, 11) is 0. The summed E-state index contributed by atoms with van der Waals surface area (Å²) in [6, 6.07) is 0. The molecule has 0 aliphatic carbocycles. The van der Waals surface area contributed by atoms with Crippen LogP contribution in [0.3, 0.4) is 0 Å². The summed E-state index contributed by atoms with van der Waals surface area (Å²) in [5.74, 6) is 1.10. The van der Waals surface area contributed by atoms with Crippen LogP contribution in [0.15, 0.2) is 0 Å². The van der Waals surface area contributed by atoms with Crippen molar-refractivity contribution in [2.45, 2.75) is 20.8 Å². The van der Waals surface area contributed by atoms with Crippen LogP contribution in [0.1, 0.15) is 20.8 Å². The topological polar surface area (TPSA) is 32.3 Å². The highest BCUT2D eigenvalue weighted by atomic mass is 16.3. The molecule has 1 fully saturated rings. The number of hydrogen-bond donors (Lipinski definition) is 2. The molecule has 0 saturated carbocycles. The summed E-state index contributed by atoms with van der Waals surface area (Å²) in [6.07, 6.45) is 0. The summed E-state index contributed by atoms with van der Waals surface area (Å²) >= 11 is 0. The predicted molar refractivity (Wildman–Crippen MR) is 46.4 cm³/mol. The zero-order valence-corrected chi connectivity index (χ0v) is 7.72. The minimum atomic E-state index is 0.328. The van der Waals surface area contributed by atoms with Crippen molar-refractivity contribution in [2.75, 3.05) is 19.7 Å². The van der Waals surface area contributed by atoms with Crippen LogP contribution in [0.5, 0.6) is 0 Å². The van der Waals surface area contributed by atoms with E-state index in [-0.39, 0.29) is 0 Å². The molecule has 0 spiro atoms. The van der Waals surface area contributed by atoms with Crippen molar-refractivity contribution < 1.29 is 5.11 Å². The third-order valence-corrected chi connectivity index (χ3v) is 2.69. The monoisotopic (exact) mass is 157 g/mol. The van der Waals surface area contributed by atoms with Gasteiger partial charge in [0.25, 0.3) is 0 Å². The summed E-state index contributed by atoms with van der Waals surface area (Å²) in [6.45, 7) is 9.11. The number of aliphatic hydroxyl groups excluding tert-OH is 1. The van der Waals surface area contributed by atoms with Gasteiger partial charge in [0.1, 0.15) is 0 Å². The van der Waals surface area contributed by atoms with Crippen LogP contribution < -0.4 is 5.32 Å². The molecule has 1 saturated heterocycles. The molecule has 11 heavy (non-hydrogen) atoms. The Kier molecular flexibility index (Phi) is 2.55. The Hall–Kier alpha value is -0.0800. The Balaban J connectivity index is 2.57. The summed E-state index contributed by atoms with van der Waals surface area (Å²) in [4.78, 5) is 0. The highest BCUT2D eigenvalue weighted by Crippen LogP contribution is 2.33. The average molecular weight is 157 g/mol. The van der Waals surface area contributed by atoms with Gasteiger partial charge in [-0.1, -0.05) is 20.8 Å². The van der Waals surface area contributed by atoms with Gasteiger partial charge in [-0.3, -0.25) is 0 Å². The first-order valence-corrected chi connectivity index (χ1v) is 4.37. The van der Waals surface area contributed by atoms with Gasteiger partial charge in [0.2, 0.25) is 0 Å². The van der Waals surface area contributed by atoms with E-state index in [0.29, 0.717) is 23.9 Å². The molecule has 2 atom stereocenters. The first-order chi connectivity index (χ1) is 5.05. The number of aliphatic hydroxyl groups is 1. The Morgan fingerprint density at radius 3 is 2.36 bits per heavy atom. The van der Waals surface area contributed by atoms with Crippen molar-refractivity contribution in [3.8, 4) is 0 Å². The average Bonchev–Trinajstić information content (AvgIpc) is 2.31.